The summed E-state index contributed by atoms with van der Waals surface area (Å²) in [6.07, 6.45) is 13.3. The summed E-state index contributed by atoms with van der Waals surface area (Å²) in [5.74, 6) is 0. The van der Waals surface area contributed by atoms with Gasteiger partial charge in [-0.15, -0.1) is 0 Å². The minimum atomic E-state index is -1.26. The zero-order valence-electron chi connectivity index (χ0n) is 11.8. The summed E-state index contributed by atoms with van der Waals surface area (Å²) >= 11 is 0. The summed E-state index contributed by atoms with van der Waals surface area (Å²) in [5.41, 5.74) is 0. The molecule has 1 heteroatoms. The van der Waals surface area contributed by atoms with Crippen molar-refractivity contribution in [2.45, 2.75) is 60.3 Å². The van der Waals surface area contributed by atoms with Gasteiger partial charge < -0.3 is 0 Å². The third-order valence-electron chi connectivity index (χ3n) is 5.22. The normalized spacial score (nSPS) is 14.9. The summed E-state index contributed by atoms with van der Waals surface area (Å²) in [4.78, 5) is 0. The van der Waals surface area contributed by atoms with Crippen LogP contribution in [0.2, 0.25) is 0 Å². The van der Waals surface area contributed by atoms with E-state index in [-0.39, 0.29) is 0 Å². The van der Waals surface area contributed by atoms with Crippen molar-refractivity contribution in [3.8, 4) is 0 Å². The zero-order valence-corrected chi connectivity index (χ0v) is 12.7. The van der Waals surface area contributed by atoms with E-state index in [1.54, 1.807) is 6.16 Å². The molecule has 0 aliphatic rings. The van der Waals surface area contributed by atoms with E-state index in [9.17, 15) is 0 Å². The zero-order chi connectivity index (χ0) is 11.8. The fourth-order valence-electron chi connectivity index (χ4n) is 2.96. The van der Waals surface area contributed by atoms with Crippen LogP contribution in [0, 0.1) is 0 Å². The van der Waals surface area contributed by atoms with Crippen LogP contribution in [0.3, 0.4) is 0 Å². The van der Waals surface area contributed by atoms with Crippen LogP contribution in [0.25, 0.3) is 0 Å². The van der Waals surface area contributed by atoms with Crippen molar-refractivity contribution in [3.63, 3.8) is 0 Å². The second kappa shape index (κ2) is 6.89. The van der Waals surface area contributed by atoms with Crippen molar-refractivity contribution >= 4 is 6.60 Å². The van der Waals surface area contributed by atoms with Crippen molar-refractivity contribution in [3.05, 3.63) is 0 Å². The van der Waals surface area contributed by atoms with Gasteiger partial charge in [0.05, 0.1) is 0 Å². The number of rotatable bonds is 9. The molecule has 0 aliphatic carbocycles. The van der Waals surface area contributed by atoms with E-state index >= 15 is 0 Å². The van der Waals surface area contributed by atoms with Gasteiger partial charge in [0.25, 0.3) is 0 Å². The fourth-order valence-corrected chi connectivity index (χ4v) is 8.03. The van der Waals surface area contributed by atoms with E-state index in [4.69, 9.17) is 0 Å². The average Bonchev–Trinajstić information content (AvgIpc) is 2.32. The molecular weight excluding hydrogens is 199 g/mol. The standard InChI is InChI=1S/C14H33P/c1-6-11-12-13-14-15(7-2,8-3,9-4)10-5/h6-14H2,1-5H3. The second-order valence-electron chi connectivity index (χ2n) is 5.29. The number of hydrogen-bond acceptors (Lipinski definition) is 0. The van der Waals surface area contributed by atoms with Crippen LogP contribution in [0.4, 0.5) is 0 Å². The van der Waals surface area contributed by atoms with Crippen LogP contribution in [-0.4, -0.2) is 30.8 Å². The molecule has 0 rings (SSSR count). The summed E-state index contributed by atoms with van der Waals surface area (Å²) < 4.78 is 0. The molecule has 0 aromatic rings. The van der Waals surface area contributed by atoms with Crippen LogP contribution in [0.1, 0.15) is 60.3 Å². The molecule has 94 valence electrons. The molecule has 0 aromatic carbocycles. The van der Waals surface area contributed by atoms with Crippen LogP contribution >= 0.6 is 6.60 Å². The topological polar surface area (TPSA) is 0 Å². The van der Waals surface area contributed by atoms with E-state index in [1.807, 2.05) is 0 Å². The van der Waals surface area contributed by atoms with Gasteiger partial charge in [0.15, 0.2) is 0 Å². The van der Waals surface area contributed by atoms with Crippen LogP contribution in [0.15, 0.2) is 0 Å². The Bertz CT molecular complexity index is 135. The van der Waals surface area contributed by atoms with Crippen LogP contribution in [0.5, 0.6) is 0 Å². The first-order valence-corrected chi connectivity index (χ1v) is 10.3. The molecule has 0 aliphatic heterocycles. The molecule has 0 amide bonds. The van der Waals surface area contributed by atoms with E-state index in [2.05, 4.69) is 34.6 Å². The molecule has 0 nitrogen and oxygen atoms in total. The molecule has 0 saturated heterocycles. The van der Waals surface area contributed by atoms with Crippen molar-refractivity contribution < 1.29 is 0 Å². The third-order valence-corrected chi connectivity index (χ3v) is 14.0. The van der Waals surface area contributed by atoms with E-state index < -0.39 is 6.60 Å². The maximum absolute atomic E-state index is 2.45. The fraction of sp³-hybridized carbons (Fsp3) is 1.00. The van der Waals surface area contributed by atoms with Crippen LogP contribution in [-0.2, 0) is 0 Å². The van der Waals surface area contributed by atoms with Crippen molar-refractivity contribution in [2.24, 2.45) is 0 Å². The molecule has 0 N–H and O–H groups in total. The number of hydrogen-bond donors (Lipinski definition) is 0. The van der Waals surface area contributed by atoms with Crippen molar-refractivity contribution in [1.82, 2.24) is 0 Å². The average molecular weight is 232 g/mol. The van der Waals surface area contributed by atoms with Gasteiger partial charge in [-0.25, -0.2) is 0 Å². The third kappa shape index (κ3) is 3.74. The molecule has 0 unspecified atom stereocenters. The SMILES string of the molecule is CCCCCCP(CC)(CC)(CC)CC. The molecule has 0 bridgehead atoms. The second-order valence-corrected chi connectivity index (χ2v) is 12.7. The molecule has 0 atom stereocenters. The minimum absolute atomic E-state index is 1.26. The van der Waals surface area contributed by atoms with Gasteiger partial charge in [0.2, 0.25) is 0 Å². The first kappa shape index (κ1) is 15.4. The van der Waals surface area contributed by atoms with E-state index in [0.29, 0.717) is 0 Å². The monoisotopic (exact) mass is 232 g/mol. The maximum atomic E-state index is 2.45. The Labute approximate surface area is 98.2 Å². The van der Waals surface area contributed by atoms with Crippen molar-refractivity contribution in [1.29, 1.82) is 0 Å². The van der Waals surface area contributed by atoms with Gasteiger partial charge in [0.1, 0.15) is 0 Å². The van der Waals surface area contributed by atoms with Gasteiger partial charge in [-0.1, -0.05) is 0 Å². The molecule has 15 heavy (non-hydrogen) atoms. The van der Waals surface area contributed by atoms with E-state index in [1.165, 1.54) is 50.3 Å². The Kier molecular flexibility index (Phi) is 7.09. The Morgan fingerprint density at radius 2 is 1.07 bits per heavy atom. The first-order valence-electron chi connectivity index (χ1n) is 7.12. The number of unbranched alkanes of at least 4 members (excludes halogenated alkanes) is 3. The van der Waals surface area contributed by atoms with E-state index in [0.717, 1.165) is 0 Å². The van der Waals surface area contributed by atoms with Gasteiger partial charge in [-0.3, -0.25) is 0 Å². The molecule has 0 fully saturated rings. The Hall–Kier alpha value is 0.430. The molecule has 0 radical (unpaired) electrons. The van der Waals surface area contributed by atoms with Gasteiger partial charge in [-0.05, 0) is 0 Å². The predicted octanol–water partition coefficient (Wildman–Crippen LogP) is 5.20. The Balaban J connectivity index is 4.36. The summed E-state index contributed by atoms with van der Waals surface area (Å²) in [7, 11) is 0. The van der Waals surface area contributed by atoms with Gasteiger partial charge in [0, 0.05) is 0 Å². The summed E-state index contributed by atoms with van der Waals surface area (Å²) in [6, 6.07) is 0. The molecule has 0 saturated carbocycles. The Morgan fingerprint density at radius 3 is 1.40 bits per heavy atom. The molecule has 0 heterocycles. The predicted molar refractivity (Wildman–Crippen MR) is 78.1 cm³/mol. The van der Waals surface area contributed by atoms with Crippen molar-refractivity contribution in [2.75, 3.05) is 30.8 Å². The van der Waals surface area contributed by atoms with Gasteiger partial charge >= 0.3 is 97.7 Å². The van der Waals surface area contributed by atoms with Crippen LogP contribution < -0.4 is 0 Å². The molecular formula is C14H33P. The first-order chi connectivity index (χ1) is 7.12. The molecule has 0 aromatic heterocycles. The molecule has 0 spiro atoms. The quantitative estimate of drug-likeness (QED) is 0.378. The van der Waals surface area contributed by atoms with Gasteiger partial charge in [-0.2, -0.15) is 0 Å². The Morgan fingerprint density at radius 1 is 0.600 bits per heavy atom. The summed E-state index contributed by atoms with van der Waals surface area (Å²) in [5, 5.41) is 0. The summed E-state index contributed by atoms with van der Waals surface area (Å²) in [6.45, 7) is 10.9.